The Morgan fingerprint density at radius 2 is 1.74 bits per heavy atom. The minimum Gasteiger partial charge on any atom is -0.319 e. The molecule has 0 atom stereocenters. The molecule has 2 heteroatoms. The van der Waals surface area contributed by atoms with Gasteiger partial charge in [0.25, 0.3) is 0 Å². The quantitative estimate of drug-likeness (QED) is 0.682. The lowest BCUT2D eigenvalue weighted by atomic mass is 9.81. The second kappa shape index (κ2) is 8.26. The van der Waals surface area contributed by atoms with Crippen molar-refractivity contribution in [2.24, 2.45) is 11.3 Å². The standard InChI is InChI=1S/C17H36N2/c1-6-17(7-2,13-18-5)14-19(12-15(3)4)16-10-8-9-11-16/h15-16,18H,6-14H2,1-5H3. The van der Waals surface area contributed by atoms with E-state index in [1.54, 1.807) is 0 Å². The lowest BCUT2D eigenvalue weighted by Gasteiger charge is -2.41. The van der Waals surface area contributed by atoms with Crippen molar-refractivity contribution in [2.75, 3.05) is 26.7 Å². The van der Waals surface area contributed by atoms with Crippen molar-refractivity contribution < 1.29 is 0 Å². The van der Waals surface area contributed by atoms with E-state index < -0.39 is 0 Å². The molecule has 0 heterocycles. The van der Waals surface area contributed by atoms with E-state index in [4.69, 9.17) is 0 Å². The normalized spacial score (nSPS) is 17.8. The molecule has 0 saturated heterocycles. The number of hydrogen-bond donors (Lipinski definition) is 1. The van der Waals surface area contributed by atoms with E-state index in [0.29, 0.717) is 5.41 Å². The molecule has 114 valence electrons. The van der Waals surface area contributed by atoms with Gasteiger partial charge in [-0.05, 0) is 44.1 Å². The van der Waals surface area contributed by atoms with Crippen molar-refractivity contribution in [1.29, 1.82) is 0 Å². The van der Waals surface area contributed by atoms with Gasteiger partial charge < -0.3 is 5.32 Å². The van der Waals surface area contributed by atoms with Gasteiger partial charge in [-0.25, -0.2) is 0 Å². The van der Waals surface area contributed by atoms with Crippen LogP contribution in [-0.4, -0.2) is 37.6 Å². The molecule has 19 heavy (non-hydrogen) atoms. The van der Waals surface area contributed by atoms with Crippen LogP contribution in [0.4, 0.5) is 0 Å². The number of nitrogens with one attached hydrogen (secondary N) is 1. The molecule has 0 aromatic carbocycles. The molecule has 0 aromatic rings. The SMILES string of the molecule is CCC(CC)(CNC)CN(CC(C)C)C1CCCC1. The second-order valence-corrected chi connectivity index (χ2v) is 7.00. The zero-order valence-electron chi connectivity index (χ0n) is 14.0. The van der Waals surface area contributed by atoms with Gasteiger partial charge >= 0.3 is 0 Å². The Balaban J connectivity index is 2.72. The number of hydrogen-bond acceptors (Lipinski definition) is 2. The fraction of sp³-hybridized carbons (Fsp3) is 1.00. The van der Waals surface area contributed by atoms with Crippen LogP contribution in [-0.2, 0) is 0 Å². The highest BCUT2D eigenvalue weighted by Gasteiger charge is 2.32. The molecule has 1 rings (SSSR count). The molecule has 0 spiro atoms. The van der Waals surface area contributed by atoms with Gasteiger partial charge in [-0.3, -0.25) is 4.90 Å². The molecule has 0 amide bonds. The van der Waals surface area contributed by atoms with Crippen molar-refractivity contribution in [1.82, 2.24) is 10.2 Å². The molecule has 1 saturated carbocycles. The zero-order chi connectivity index (χ0) is 14.3. The average Bonchev–Trinajstić information content (AvgIpc) is 2.90. The summed E-state index contributed by atoms with van der Waals surface area (Å²) in [6, 6.07) is 0.858. The largest absolute Gasteiger partial charge is 0.319 e. The van der Waals surface area contributed by atoms with Gasteiger partial charge in [0.1, 0.15) is 0 Å². The number of rotatable bonds is 9. The average molecular weight is 268 g/mol. The summed E-state index contributed by atoms with van der Waals surface area (Å²) in [5.41, 5.74) is 0.465. The minimum atomic E-state index is 0.465. The highest BCUT2D eigenvalue weighted by atomic mass is 15.2. The zero-order valence-corrected chi connectivity index (χ0v) is 14.0. The topological polar surface area (TPSA) is 15.3 Å². The van der Waals surface area contributed by atoms with Gasteiger partial charge in [-0.15, -0.1) is 0 Å². The first kappa shape index (κ1) is 17.0. The van der Waals surface area contributed by atoms with Crippen molar-refractivity contribution in [3.63, 3.8) is 0 Å². The summed E-state index contributed by atoms with van der Waals surface area (Å²) in [7, 11) is 2.10. The maximum atomic E-state index is 3.43. The third-order valence-electron chi connectivity index (χ3n) is 5.03. The van der Waals surface area contributed by atoms with Crippen molar-refractivity contribution >= 4 is 0 Å². The third kappa shape index (κ3) is 5.07. The van der Waals surface area contributed by atoms with E-state index in [0.717, 1.165) is 18.5 Å². The summed E-state index contributed by atoms with van der Waals surface area (Å²) in [6.45, 7) is 13.2. The van der Waals surface area contributed by atoms with Crippen LogP contribution < -0.4 is 5.32 Å². The van der Waals surface area contributed by atoms with Crippen LogP contribution in [0.15, 0.2) is 0 Å². The van der Waals surface area contributed by atoms with Crippen LogP contribution in [0.1, 0.15) is 66.2 Å². The molecule has 0 radical (unpaired) electrons. The molecule has 1 aliphatic rings. The molecular weight excluding hydrogens is 232 g/mol. The maximum Gasteiger partial charge on any atom is 0.00956 e. The van der Waals surface area contributed by atoms with Gasteiger partial charge in [0, 0.05) is 25.7 Å². The first-order chi connectivity index (χ1) is 9.06. The summed E-state index contributed by atoms with van der Waals surface area (Å²) >= 11 is 0. The van der Waals surface area contributed by atoms with Crippen molar-refractivity contribution in [3.05, 3.63) is 0 Å². The first-order valence-corrected chi connectivity index (χ1v) is 8.45. The summed E-state index contributed by atoms with van der Waals surface area (Å²) in [5.74, 6) is 0.779. The van der Waals surface area contributed by atoms with E-state index in [9.17, 15) is 0 Å². The van der Waals surface area contributed by atoms with Gasteiger partial charge in [0.15, 0.2) is 0 Å². The maximum absolute atomic E-state index is 3.43. The Hall–Kier alpha value is -0.0800. The van der Waals surface area contributed by atoms with Crippen LogP contribution in [0, 0.1) is 11.3 Å². The van der Waals surface area contributed by atoms with Crippen molar-refractivity contribution in [3.8, 4) is 0 Å². The highest BCUT2D eigenvalue weighted by molar-refractivity contribution is 4.87. The predicted molar refractivity (Wildman–Crippen MR) is 85.6 cm³/mol. The van der Waals surface area contributed by atoms with E-state index in [1.807, 2.05) is 0 Å². The van der Waals surface area contributed by atoms with E-state index in [2.05, 4.69) is 45.0 Å². The Labute approximate surface area is 121 Å². The first-order valence-electron chi connectivity index (χ1n) is 8.45. The lowest BCUT2D eigenvalue weighted by Crippen LogP contribution is -2.47. The Morgan fingerprint density at radius 1 is 1.16 bits per heavy atom. The molecular formula is C17H36N2. The van der Waals surface area contributed by atoms with Gasteiger partial charge in [-0.2, -0.15) is 0 Å². The molecule has 0 bridgehead atoms. The molecule has 1 fully saturated rings. The van der Waals surface area contributed by atoms with Crippen molar-refractivity contribution in [2.45, 2.75) is 72.3 Å². The highest BCUT2D eigenvalue weighted by Crippen LogP contribution is 2.31. The smallest absolute Gasteiger partial charge is 0.00956 e. The lowest BCUT2D eigenvalue weighted by molar-refractivity contribution is 0.0897. The van der Waals surface area contributed by atoms with Gasteiger partial charge in [0.05, 0.1) is 0 Å². The number of nitrogens with zero attached hydrogens (tertiary/aromatic N) is 1. The Morgan fingerprint density at radius 3 is 2.16 bits per heavy atom. The van der Waals surface area contributed by atoms with E-state index in [1.165, 1.54) is 51.6 Å². The molecule has 1 N–H and O–H groups in total. The monoisotopic (exact) mass is 268 g/mol. The summed E-state index contributed by atoms with van der Waals surface area (Å²) in [4.78, 5) is 2.82. The van der Waals surface area contributed by atoms with Gasteiger partial charge in [0.2, 0.25) is 0 Å². The minimum absolute atomic E-state index is 0.465. The van der Waals surface area contributed by atoms with Crippen LogP contribution in [0.25, 0.3) is 0 Å². The summed E-state index contributed by atoms with van der Waals surface area (Å²) in [5, 5.41) is 3.43. The van der Waals surface area contributed by atoms with Crippen LogP contribution >= 0.6 is 0 Å². The Kier molecular flexibility index (Phi) is 7.38. The molecule has 0 aliphatic heterocycles. The molecule has 2 nitrogen and oxygen atoms in total. The van der Waals surface area contributed by atoms with Crippen LogP contribution in [0.3, 0.4) is 0 Å². The fourth-order valence-electron chi connectivity index (χ4n) is 3.67. The van der Waals surface area contributed by atoms with E-state index >= 15 is 0 Å². The summed E-state index contributed by atoms with van der Waals surface area (Å²) < 4.78 is 0. The van der Waals surface area contributed by atoms with Gasteiger partial charge in [-0.1, -0.05) is 40.5 Å². The second-order valence-electron chi connectivity index (χ2n) is 7.00. The van der Waals surface area contributed by atoms with Crippen LogP contribution in [0.2, 0.25) is 0 Å². The molecule has 0 aromatic heterocycles. The third-order valence-corrected chi connectivity index (χ3v) is 5.03. The molecule has 0 unspecified atom stereocenters. The molecule has 1 aliphatic carbocycles. The van der Waals surface area contributed by atoms with Crippen LogP contribution in [0.5, 0.6) is 0 Å². The fourth-order valence-corrected chi connectivity index (χ4v) is 3.67. The predicted octanol–water partition coefficient (Wildman–Crippen LogP) is 3.91. The summed E-state index contributed by atoms with van der Waals surface area (Å²) in [6.07, 6.45) is 8.30. The Bertz CT molecular complexity index is 227. The van der Waals surface area contributed by atoms with E-state index in [-0.39, 0.29) is 0 Å².